The summed E-state index contributed by atoms with van der Waals surface area (Å²) < 4.78 is 64.3. The van der Waals surface area contributed by atoms with Crippen LogP contribution >= 0.6 is 0 Å². The number of amides is 5. The smallest absolute Gasteiger partial charge is 0.407 e. The minimum Gasteiger partial charge on any atom is -0.506 e. The van der Waals surface area contributed by atoms with Crippen molar-refractivity contribution in [3.05, 3.63) is 107 Å². The second kappa shape index (κ2) is 55.3. The van der Waals surface area contributed by atoms with Crippen molar-refractivity contribution in [1.82, 2.24) is 21.0 Å². The van der Waals surface area contributed by atoms with E-state index in [0.29, 0.717) is 218 Å². The molecule has 580 valence electrons. The number of ether oxygens (including phenoxy) is 12. The van der Waals surface area contributed by atoms with Crippen LogP contribution in [0.3, 0.4) is 0 Å². The van der Waals surface area contributed by atoms with Crippen LogP contribution in [0.25, 0.3) is 0 Å². The van der Waals surface area contributed by atoms with Crippen molar-refractivity contribution >= 4 is 58.6 Å². The van der Waals surface area contributed by atoms with Gasteiger partial charge in [0.1, 0.15) is 34.1 Å². The summed E-state index contributed by atoms with van der Waals surface area (Å²) in [6.45, 7) is 25.1. The molecule has 4 aromatic carbocycles. The van der Waals surface area contributed by atoms with E-state index in [2.05, 4.69) is 36.4 Å². The number of benzene rings is 4. The van der Waals surface area contributed by atoms with Crippen molar-refractivity contribution in [3.8, 4) is 11.5 Å². The van der Waals surface area contributed by atoms with Gasteiger partial charge in [0.25, 0.3) is 17.7 Å². The molecule has 11 N–H and O–H groups in total. The number of alkyl carbamates (subject to hydrolysis) is 2. The molecular weight excluding hydrogens is 1350 g/mol. The van der Waals surface area contributed by atoms with Crippen LogP contribution in [0, 0.1) is 0 Å². The van der Waals surface area contributed by atoms with Gasteiger partial charge in [0.05, 0.1) is 123 Å². The number of carbonyl (C=O) groups is 6. The molecule has 1 aliphatic rings. The Morgan fingerprint density at radius 1 is 0.413 bits per heavy atom. The van der Waals surface area contributed by atoms with Gasteiger partial charge in [0.15, 0.2) is 0 Å². The van der Waals surface area contributed by atoms with Gasteiger partial charge < -0.3 is 105 Å². The van der Waals surface area contributed by atoms with E-state index in [-0.39, 0.29) is 41.5 Å². The number of aromatic hydroxyl groups is 2. The van der Waals surface area contributed by atoms with Crippen molar-refractivity contribution < 1.29 is 101 Å². The molecule has 0 aromatic heterocycles. The van der Waals surface area contributed by atoms with Gasteiger partial charge in [-0.05, 0) is 184 Å². The van der Waals surface area contributed by atoms with E-state index in [4.69, 9.17) is 78.9 Å². The average Bonchev–Trinajstić information content (AvgIpc) is 1.51. The maximum Gasteiger partial charge on any atom is 0.407 e. The highest BCUT2D eigenvalue weighted by Gasteiger charge is 2.33. The first kappa shape index (κ1) is 90.0. The van der Waals surface area contributed by atoms with E-state index in [1.54, 1.807) is 90.1 Å². The van der Waals surface area contributed by atoms with Gasteiger partial charge in [0.2, 0.25) is 0 Å². The molecule has 5 rings (SSSR count). The largest absolute Gasteiger partial charge is 0.506 e. The molecule has 4 aromatic rings. The van der Waals surface area contributed by atoms with Crippen molar-refractivity contribution in [2.75, 3.05) is 171 Å². The Balaban J connectivity index is 0.000000438. The van der Waals surface area contributed by atoms with Gasteiger partial charge >= 0.3 is 18.2 Å². The van der Waals surface area contributed by atoms with Crippen LogP contribution in [0.15, 0.2) is 105 Å². The van der Waals surface area contributed by atoms with Crippen LogP contribution in [-0.2, 0) is 84.1 Å². The van der Waals surface area contributed by atoms with Gasteiger partial charge in [-0.2, -0.15) is 10.2 Å². The van der Waals surface area contributed by atoms with Crippen LogP contribution in [0.2, 0.25) is 0 Å². The number of nitrogens with two attached hydrogens (primary N) is 3. The third kappa shape index (κ3) is 45.1. The molecule has 1 fully saturated rings. The van der Waals surface area contributed by atoms with Crippen molar-refractivity contribution in [2.45, 2.75) is 104 Å². The summed E-state index contributed by atoms with van der Waals surface area (Å²) in [7, 11) is 0. The predicted molar refractivity (Wildman–Crippen MR) is 386 cm³/mol. The lowest BCUT2D eigenvalue weighted by molar-refractivity contribution is -0.172. The SMILES string of the molecule is CC(C)(C)OC(=O)NCCc1ccc(O)c(N=Nc2ccc(C(=O)NCCCOCCOCCOCCOCCOCCCN)cc2)c1.CC(C)(C)OC(=O)NCCc1ccc(O)c(N=Nc2ccc(C(=O)ON3C(=O)CCC3=O)cc2)c1.NCCCOCCOCCOCCOCCOCCCN. The molecule has 1 saturated heterocycles. The Kier molecular flexibility index (Phi) is 47.8. The number of rotatable bonds is 50. The molecule has 5 amide bonds. The van der Waals surface area contributed by atoms with Gasteiger partial charge in [0, 0.05) is 64.5 Å². The molecule has 0 unspecified atom stereocenters. The van der Waals surface area contributed by atoms with E-state index in [0.717, 1.165) is 30.4 Å². The second-order valence-electron chi connectivity index (χ2n) is 24.6. The topological polar surface area (TPSA) is 430 Å². The van der Waals surface area contributed by atoms with Crippen molar-refractivity contribution in [3.63, 3.8) is 0 Å². The first-order valence-electron chi connectivity index (χ1n) is 35.0. The summed E-state index contributed by atoms with van der Waals surface area (Å²) in [6, 6.07) is 22.3. The highest BCUT2D eigenvalue weighted by molar-refractivity contribution is 6.02. The normalized spacial score (nSPS) is 12.3. The maximum atomic E-state index is 12.5. The Morgan fingerprint density at radius 2 is 0.731 bits per heavy atom. The standard InChI is InChI=1S/C34H53N5O9.C24H26N4O7.C14H32N2O5/c1-34(2,3)48-33(42)37-15-12-27-6-11-31(40)30(26-27)39-38-29-9-7-28(8-10-29)32(41)36-14-5-17-44-19-21-46-23-25-47-24-22-45-20-18-43-16-4-13-35;1-24(2,3)34-23(33)25-13-12-15-4-9-19(29)18(14-15)27-26-17-7-5-16(6-8-17)22(32)35-28-20(30)10-11-21(28)31;15-3-1-5-17-7-9-19-11-13-21-14-12-20-10-8-18-6-2-4-16/h6-11,26,40H,4-5,12-25,35H2,1-3H3,(H,36,41)(H,37,42);4-9,14,29H,10-13H2,1-3H3,(H,25,33);1-16H2. The van der Waals surface area contributed by atoms with E-state index >= 15 is 0 Å². The zero-order valence-corrected chi connectivity index (χ0v) is 61.2. The Morgan fingerprint density at radius 3 is 1.06 bits per heavy atom. The molecule has 1 heterocycles. The summed E-state index contributed by atoms with van der Waals surface area (Å²) in [6.07, 6.45) is 3.34. The highest BCUT2D eigenvalue weighted by atomic mass is 16.7. The van der Waals surface area contributed by atoms with E-state index in [9.17, 15) is 39.0 Å². The summed E-state index contributed by atoms with van der Waals surface area (Å²) in [4.78, 5) is 76.2. The lowest BCUT2D eigenvalue weighted by Gasteiger charge is -2.19. The zero-order chi connectivity index (χ0) is 75.9. The molecule has 0 spiro atoms. The fourth-order valence-electron chi connectivity index (χ4n) is 8.21. The first-order chi connectivity index (χ1) is 50.1. The van der Waals surface area contributed by atoms with Crippen LogP contribution in [0.5, 0.6) is 11.5 Å². The number of nitrogens with one attached hydrogen (secondary N) is 3. The molecule has 0 radical (unpaired) electrons. The van der Waals surface area contributed by atoms with Gasteiger partial charge in [-0.1, -0.05) is 12.1 Å². The summed E-state index contributed by atoms with van der Waals surface area (Å²) in [5.74, 6) is -2.25. The number of phenols is 2. The molecular formula is C72H111N11O21. The number of azo groups is 2. The highest BCUT2D eigenvalue weighted by Crippen LogP contribution is 2.31. The summed E-state index contributed by atoms with van der Waals surface area (Å²) >= 11 is 0. The van der Waals surface area contributed by atoms with Gasteiger partial charge in [-0.3, -0.25) is 14.4 Å². The summed E-state index contributed by atoms with van der Waals surface area (Å²) in [5, 5.41) is 45.5. The summed E-state index contributed by atoms with van der Waals surface area (Å²) in [5.41, 5.74) is 18.7. The molecule has 32 heteroatoms. The zero-order valence-electron chi connectivity index (χ0n) is 61.2. The Labute approximate surface area is 609 Å². The number of hydrogen-bond donors (Lipinski definition) is 8. The van der Waals surface area contributed by atoms with Crippen LogP contribution < -0.4 is 33.2 Å². The second-order valence-corrected chi connectivity index (χ2v) is 24.6. The van der Waals surface area contributed by atoms with Gasteiger partial charge in [-0.25, -0.2) is 14.4 Å². The fourth-order valence-corrected chi connectivity index (χ4v) is 8.21. The first-order valence-corrected chi connectivity index (χ1v) is 35.0. The Bertz CT molecular complexity index is 3070. The predicted octanol–water partition coefficient (Wildman–Crippen LogP) is 8.29. The number of nitrogens with zero attached hydrogens (tertiary/aromatic N) is 5. The number of hydroxylamine groups is 2. The van der Waals surface area contributed by atoms with E-state index < -0.39 is 41.2 Å². The Hall–Kier alpha value is -8.22. The molecule has 1 aliphatic heterocycles. The fraction of sp³-hybridized carbons (Fsp3) is 0.583. The molecule has 0 bridgehead atoms. The molecule has 0 aliphatic carbocycles. The third-order valence-electron chi connectivity index (χ3n) is 13.4. The quantitative estimate of drug-likeness (QED) is 0.0117. The maximum absolute atomic E-state index is 12.5. The monoisotopic (exact) mass is 1470 g/mol. The molecule has 104 heavy (non-hydrogen) atoms. The van der Waals surface area contributed by atoms with Crippen LogP contribution in [0.1, 0.15) is 112 Å². The number of hydrogen-bond acceptors (Lipinski definition) is 28. The molecule has 32 nitrogen and oxygen atoms in total. The minimum atomic E-state index is -0.845. The lowest BCUT2D eigenvalue weighted by Crippen LogP contribution is -2.33. The number of imide groups is 1. The van der Waals surface area contributed by atoms with Crippen molar-refractivity contribution in [2.24, 2.45) is 37.7 Å². The average molecular weight is 1470 g/mol. The van der Waals surface area contributed by atoms with Crippen molar-refractivity contribution in [1.29, 1.82) is 0 Å². The number of phenolic OH excluding ortho intramolecular Hbond substituents is 2. The third-order valence-corrected chi connectivity index (χ3v) is 13.4. The van der Waals surface area contributed by atoms with Crippen LogP contribution in [0.4, 0.5) is 32.3 Å². The molecule has 0 saturated carbocycles. The number of carbonyl (C=O) groups excluding carboxylic acids is 6. The molecule has 0 atom stereocenters. The minimum absolute atomic E-state index is 0.0136. The lowest BCUT2D eigenvalue weighted by atomic mass is 10.1. The van der Waals surface area contributed by atoms with E-state index in [1.165, 1.54) is 36.4 Å². The van der Waals surface area contributed by atoms with Crippen LogP contribution in [-0.4, -0.2) is 234 Å². The van der Waals surface area contributed by atoms with Gasteiger partial charge in [-0.15, -0.1) is 15.3 Å². The van der Waals surface area contributed by atoms with E-state index in [1.807, 2.05) is 0 Å².